The second-order valence-electron chi connectivity index (χ2n) is 15.2. The van der Waals surface area contributed by atoms with Crippen molar-refractivity contribution in [3.8, 4) is 0 Å². The van der Waals surface area contributed by atoms with Gasteiger partial charge in [-0.1, -0.05) is 53.7 Å². The van der Waals surface area contributed by atoms with Crippen molar-refractivity contribution in [1.82, 2.24) is 0 Å². The lowest BCUT2D eigenvalue weighted by Gasteiger charge is -2.73. The molecule has 5 aliphatic rings. The minimum Gasteiger partial charge on any atom is -0.469 e. The van der Waals surface area contributed by atoms with Crippen molar-refractivity contribution in [2.75, 3.05) is 7.11 Å². The Morgan fingerprint density at radius 1 is 0.735 bits per heavy atom. The zero-order valence-electron chi connectivity index (χ0n) is 23.6. The minimum atomic E-state index is 0.0168. The molecule has 0 amide bonds. The van der Waals surface area contributed by atoms with Crippen LogP contribution in [0.1, 0.15) is 113 Å². The number of allylic oxidation sites excluding steroid dienone is 1. The Kier molecular flexibility index (Phi) is 5.57. The second kappa shape index (κ2) is 7.61. The van der Waals surface area contributed by atoms with Crippen LogP contribution >= 0.6 is 0 Å². The van der Waals surface area contributed by atoms with Gasteiger partial charge in [-0.25, -0.2) is 0 Å². The standard InChI is InChI=1S/C32H52O2/c1-20(2)21-12-16-29(5)22(21)14-18-31(7)25(29)10-11-26-30(6)17-13-23(27(33)34-9)28(3,4)24(30)15-19-32(26,31)8/h21-26H,1,10-19H2,2-9H3. The van der Waals surface area contributed by atoms with Crippen molar-refractivity contribution in [3.63, 3.8) is 0 Å². The number of hydrogen-bond donors (Lipinski definition) is 0. The average molecular weight is 469 g/mol. The molecular formula is C32H52O2. The van der Waals surface area contributed by atoms with E-state index in [1.807, 2.05) is 0 Å². The number of carbonyl (C=O) groups excluding carboxylic acids is 1. The first-order chi connectivity index (χ1) is 15.8. The lowest BCUT2D eigenvalue weighted by molar-refractivity contribution is -0.247. The van der Waals surface area contributed by atoms with Gasteiger partial charge < -0.3 is 4.74 Å². The number of methoxy groups -OCH3 is 1. The monoisotopic (exact) mass is 468 g/mol. The van der Waals surface area contributed by atoms with Gasteiger partial charge in [0.25, 0.3) is 0 Å². The van der Waals surface area contributed by atoms with Crippen LogP contribution in [0.4, 0.5) is 0 Å². The molecule has 5 fully saturated rings. The van der Waals surface area contributed by atoms with E-state index in [4.69, 9.17) is 4.74 Å². The van der Waals surface area contributed by atoms with Gasteiger partial charge in [0, 0.05) is 0 Å². The van der Waals surface area contributed by atoms with Gasteiger partial charge in [0.1, 0.15) is 0 Å². The fourth-order valence-electron chi connectivity index (χ4n) is 12.3. The number of fused-ring (bicyclic) bond motifs is 7. The van der Waals surface area contributed by atoms with Gasteiger partial charge in [-0.05, 0) is 128 Å². The summed E-state index contributed by atoms with van der Waals surface area (Å²) >= 11 is 0. The summed E-state index contributed by atoms with van der Waals surface area (Å²) in [5.74, 6) is 3.92. The Morgan fingerprint density at radius 3 is 1.88 bits per heavy atom. The zero-order chi connectivity index (χ0) is 24.9. The third-order valence-corrected chi connectivity index (χ3v) is 14.1. The maximum Gasteiger partial charge on any atom is 0.309 e. The highest BCUT2D eigenvalue weighted by Crippen LogP contribution is 2.78. The number of rotatable bonds is 2. The number of hydrogen-bond acceptors (Lipinski definition) is 2. The van der Waals surface area contributed by atoms with E-state index in [9.17, 15) is 4.79 Å². The van der Waals surface area contributed by atoms with E-state index in [-0.39, 0.29) is 17.3 Å². The van der Waals surface area contributed by atoms with Crippen LogP contribution in [-0.4, -0.2) is 13.1 Å². The van der Waals surface area contributed by atoms with Gasteiger partial charge in [-0.15, -0.1) is 0 Å². The van der Waals surface area contributed by atoms with E-state index in [1.54, 1.807) is 7.11 Å². The Hall–Kier alpha value is -0.790. The minimum absolute atomic E-state index is 0.0168. The van der Waals surface area contributed by atoms with Crippen LogP contribution in [0.2, 0.25) is 0 Å². The van der Waals surface area contributed by atoms with Crippen LogP contribution in [0.25, 0.3) is 0 Å². The van der Waals surface area contributed by atoms with Crippen LogP contribution in [0.3, 0.4) is 0 Å². The highest BCUT2D eigenvalue weighted by atomic mass is 16.5. The summed E-state index contributed by atoms with van der Waals surface area (Å²) in [6.07, 6.45) is 13.2. The van der Waals surface area contributed by atoms with Gasteiger partial charge in [0.2, 0.25) is 0 Å². The molecule has 0 aliphatic heterocycles. The fraction of sp³-hybridized carbons (Fsp3) is 0.906. The molecule has 10 atom stereocenters. The first-order valence-corrected chi connectivity index (χ1v) is 14.5. The molecule has 2 heteroatoms. The van der Waals surface area contributed by atoms with E-state index < -0.39 is 0 Å². The van der Waals surface area contributed by atoms with Crippen molar-refractivity contribution >= 4 is 5.97 Å². The van der Waals surface area contributed by atoms with Gasteiger partial charge in [-0.2, -0.15) is 0 Å². The maximum absolute atomic E-state index is 12.7. The summed E-state index contributed by atoms with van der Waals surface area (Å²) < 4.78 is 5.28. The summed E-state index contributed by atoms with van der Waals surface area (Å²) in [7, 11) is 1.57. The lowest BCUT2D eigenvalue weighted by atomic mass is 9.31. The third kappa shape index (κ3) is 2.89. The molecule has 5 aliphatic carbocycles. The van der Waals surface area contributed by atoms with Gasteiger partial charge in [-0.3, -0.25) is 4.79 Å². The van der Waals surface area contributed by atoms with Gasteiger partial charge in [0.15, 0.2) is 0 Å². The zero-order valence-corrected chi connectivity index (χ0v) is 23.6. The smallest absolute Gasteiger partial charge is 0.309 e. The SMILES string of the molecule is C=C(C)C1CCC2(C)C1CCC1(C)C2CCC2C3(C)CCC(C(=O)OC)C(C)(C)C3CCC21C. The van der Waals surface area contributed by atoms with E-state index >= 15 is 0 Å². The van der Waals surface area contributed by atoms with E-state index in [1.165, 1.54) is 63.4 Å². The molecule has 0 aromatic heterocycles. The van der Waals surface area contributed by atoms with E-state index in [2.05, 4.69) is 55.0 Å². The molecule has 10 unspecified atom stereocenters. The molecule has 0 spiro atoms. The summed E-state index contributed by atoms with van der Waals surface area (Å²) in [5.41, 5.74) is 3.12. The predicted octanol–water partition coefficient (Wildman–Crippen LogP) is 8.45. The summed E-state index contributed by atoms with van der Waals surface area (Å²) in [4.78, 5) is 12.7. The molecule has 0 saturated heterocycles. The molecule has 192 valence electrons. The highest BCUT2D eigenvalue weighted by Gasteiger charge is 2.71. The molecule has 0 aromatic carbocycles. The Bertz CT molecular complexity index is 872. The largest absolute Gasteiger partial charge is 0.469 e. The first-order valence-electron chi connectivity index (χ1n) is 14.5. The highest BCUT2D eigenvalue weighted by molar-refractivity contribution is 5.73. The molecule has 0 radical (unpaired) electrons. The summed E-state index contributed by atoms with van der Waals surface area (Å²) in [6, 6.07) is 0. The van der Waals surface area contributed by atoms with Crippen molar-refractivity contribution < 1.29 is 9.53 Å². The lowest BCUT2D eigenvalue weighted by Crippen LogP contribution is -2.66. The van der Waals surface area contributed by atoms with Crippen molar-refractivity contribution in [1.29, 1.82) is 0 Å². The number of carbonyl (C=O) groups is 1. The summed E-state index contributed by atoms with van der Waals surface area (Å²) in [6.45, 7) is 22.3. The van der Waals surface area contributed by atoms with Crippen molar-refractivity contribution in [2.24, 2.45) is 62.6 Å². The molecule has 0 aromatic rings. The van der Waals surface area contributed by atoms with Crippen LogP contribution in [-0.2, 0) is 9.53 Å². The van der Waals surface area contributed by atoms with E-state index in [0.29, 0.717) is 27.6 Å². The Balaban J connectivity index is 1.49. The molecular weight excluding hydrogens is 416 g/mol. The number of esters is 1. The maximum atomic E-state index is 12.7. The Labute approximate surface area is 210 Å². The molecule has 5 rings (SSSR count). The van der Waals surface area contributed by atoms with Crippen molar-refractivity contribution in [3.05, 3.63) is 12.2 Å². The van der Waals surface area contributed by atoms with Gasteiger partial charge >= 0.3 is 5.97 Å². The Morgan fingerprint density at radius 2 is 1.29 bits per heavy atom. The summed E-state index contributed by atoms with van der Waals surface area (Å²) in [5, 5.41) is 0. The number of ether oxygens (including phenoxy) is 1. The van der Waals surface area contributed by atoms with Crippen molar-refractivity contribution in [2.45, 2.75) is 113 Å². The average Bonchev–Trinajstić information content (AvgIpc) is 3.11. The quantitative estimate of drug-likeness (QED) is 0.300. The van der Waals surface area contributed by atoms with Gasteiger partial charge in [0.05, 0.1) is 13.0 Å². The second-order valence-corrected chi connectivity index (χ2v) is 15.2. The fourth-order valence-corrected chi connectivity index (χ4v) is 12.3. The topological polar surface area (TPSA) is 26.3 Å². The predicted molar refractivity (Wildman–Crippen MR) is 140 cm³/mol. The van der Waals surface area contributed by atoms with Crippen LogP contribution < -0.4 is 0 Å². The van der Waals surface area contributed by atoms with Crippen LogP contribution in [0.15, 0.2) is 12.2 Å². The third-order valence-electron chi connectivity index (χ3n) is 14.1. The van der Waals surface area contributed by atoms with Crippen LogP contribution in [0.5, 0.6) is 0 Å². The molecule has 5 saturated carbocycles. The molecule has 0 bridgehead atoms. The molecule has 2 nitrogen and oxygen atoms in total. The van der Waals surface area contributed by atoms with Crippen LogP contribution in [0, 0.1) is 62.6 Å². The normalized spacial score (nSPS) is 53.6. The molecule has 0 heterocycles. The first kappa shape index (κ1) is 24.9. The van der Waals surface area contributed by atoms with E-state index in [0.717, 1.165) is 30.1 Å². The molecule has 34 heavy (non-hydrogen) atoms. The molecule has 0 N–H and O–H groups in total.